The number of carboxylic acids is 1. The molecule has 1 aliphatic heterocycles. The summed E-state index contributed by atoms with van der Waals surface area (Å²) in [5, 5.41) is 11.3. The van der Waals surface area contributed by atoms with Gasteiger partial charge >= 0.3 is 12.0 Å². The van der Waals surface area contributed by atoms with Crippen LogP contribution in [0.1, 0.15) is 26.7 Å². The molecular weight excluding hydrogens is 250 g/mol. The molecule has 0 radical (unpaired) electrons. The van der Waals surface area contributed by atoms with Gasteiger partial charge in [0.15, 0.2) is 0 Å². The van der Waals surface area contributed by atoms with Gasteiger partial charge in [-0.15, -0.1) is 0 Å². The maximum absolute atomic E-state index is 12.0. The third-order valence-electron chi connectivity index (χ3n) is 3.16. The Bertz CT molecular complexity index is 362. The van der Waals surface area contributed by atoms with Gasteiger partial charge in [0.05, 0.1) is 6.42 Å². The fraction of sp³-hybridized carbons (Fsp3) is 0.750. The molecule has 19 heavy (non-hydrogen) atoms. The van der Waals surface area contributed by atoms with Crippen molar-refractivity contribution in [3.63, 3.8) is 0 Å². The van der Waals surface area contributed by atoms with Crippen molar-refractivity contribution < 1.29 is 19.5 Å². The Kier molecular flexibility index (Phi) is 5.14. The number of nitrogens with two attached hydrogens (primary N) is 1. The van der Waals surface area contributed by atoms with Gasteiger partial charge in [0, 0.05) is 13.1 Å². The highest BCUT2D eigenvalue weighted by molar-refractivity contribution is 5.87. The number of hydrogen-bond donors (Lipinski definition) is 3. The van der Waals surface area contributed by atoms with Crippen LogP contribution < -0.4 is 11.1 Å². The third-order valence-corrected chi connectivity index (χ3v) is 3.16. The average molecular weight is 271 g/mol. The number of carbonyl (C=O) groups excluding carboxylic acids is 2. The zero-order valence-electron chi connectivity index (χ0n) is 11.3. The number of hydrogen-bond acceptors (Lipinski definition) is 3. The van der Waals surface area contributed by atoms with Crippen molar-refractivity contribution >= 4 is 17.9 Å². The predicted molar refractivity (Wildman–Crippen MR) is 68.3 cm³/mol. The molecule has 1 aliphatic rings. The summed E-state index contributed by atoms with van der Waals surface area (Å²) >= 11 is 0. The average Bonchev–Trinajstić information content (AvgIpc) is 2.25. The number of aliphatic carboxylic acids is 1. The largest absolute Gasteiger partial charge is 0.480 e. The van der Waals surface area contributed by atoms with Gasteiger partial charge in [-0.1, -0.05) is 13.8 Å². The minimum Gasteiger partial charge on any atom is -0.480 e. The maximum Gasteiger partial charge on any atom is 0.326 e. The third kappa shape index (κ3) is 4.76. The molecule has 4 N–H and O–H groups in total. The molecule has 0 saturated carbocycles. The molecule has 0 spiro atoms. The van der Waals surface area contributed by atoms with Crippen LogP contribution in [0.25, 0.3) is 0 Å². The fourth-order valence-electron chi connectivity index (χ4n) is 2.47. The highest BCUT2D eigenvalue weighted by atomic mass is 16.4. The second-order valence-electron chi connectivity index (χ2n) is 5.36. The van der Waals surface area contributed by atoms with E-state index in [4.69, 9.17) is 10.8 Å². The molecule has 1 saturated heterocycles. The number of nitrogens with zero attached hydrogens (tertiary/aromatic N) is 1. The van der Waals surface area contributed by atoms with Crippen molar-refractivity contribution in [2.45, 2.75) is 32.7 Å². The Hall–Kier alpha value is -1.79. The maximum atomic E-state index is 12.0. The van der Waals surface area contributed by atoms with Gasteiger partial charge in [0.2, 0.25) is 5.91 Å². The van der Waals surface area contributed by atoms with Crippen molar-refractivity contribution in [1.82, 2.24) is 10.2 Å². The summed E-state index contributed by atoms with van der Waals surface area (Å²) in [4.78, 5) is 35.3. The topological polar surface area (TPSA) is 113 Å². The first-order valence-corrected chi connectivity index (χ1v) is 6.36. The van der Waals surface area contributed by atoms with E-state index in [9.17, 15) is 14.4 Å². The van der Waals surface area contributed by atoms with Crippen molar-refractivity contribution in [2.75, 3.05) is 13.1 Å². The lowest BCUT2D eigenvalue weighted by molar-refractivity contribution is -0.141. The minimum atomic E-state index is -1.27. The smallest absolute Gasteiger partial charge is 0.326 e. The zero-order valence-corrected chi connectivity index (χ0v) is 11.3. The zero-order chi connectivity index (χ0) is 14.6. The molecule has 3 amide bonds. The molecule has 108 valence electrons. The Morgan fingerprint density at radius 2 is 1.84 bits per heavy atom. The molecule has 0 aliphatic carbocycles. The van der Waals surface area contributed by atoms with Crippen molar-refractivity contribution in [1.29, 1.82) is 0 Å². The highest BCUT2D eigenvalue weighted by Gasteiger charge is 2.29. The van der Waals surface area contributed by atoms with E-state index in [1.165, 1.54) is 0 Å². The number of rotatable bonds is 4. The van der Waals surface area contributed by atoms with Crippen molar-refractivity contribution in [3.8, 4) is 0 Å². The van der Waals surface area contributed by atoms with E-state index in [1.54, 1.807) is 4.90 Å². The van der Waals surface area contributed by atoms with Crippen LogP contribution in [0.5, 0.6) is 0 Å². The van der Waals surface area contributed by atoms with Crippen molar-refractivity contribution in [3.05, 3.63) is 0 Å². The standard InChI is InChI=1S/C12H21N3O4/c1-7-3-8(2)6-15(5-7)12(19)14-9(11(17)18)4-10(13)16/h7-9H,3-6H2,1-2H3,(H2,13,16)(H,14,19)(H,17,18)/t7?,8?,9-/m0/s1. The highest BCUT2D eigenvalue weighted by Crippen LogP contribution is 2.20. The summed E-state index contributed by atoms with van der Waals surface area (Å²) in [6.45, 7) is 5.29. The summed E-state index contributed by atoms with van der Waals surface area (Å²) < 4.78 is 0. The van der Waals surface area contributed by atoms with Gasteiger partial charge in [-0.05, 0) is 18.3 Å². The van der Waals surface area contributed by atoms with Crippen LogP contribution in [0.4, 0.5) is 4.79 Å². The van der Waals surface area contributed by atoms with Gasteiger partial charge in [0.1, 0.15) is 6.04 Å². The first-order chi connectivity index (χ1) is 8.79. The van der Waals surface area contributed by atoms with E-state index in [2.05, 4.69) is 5.32 Å². The summed E-state index contributed by atoms with van der Waals surface area (Å²) in [6, 6.07) is -1.72. The van der Waals surface area contributed by atoms with Gasteiger partial charge in [-0.2, -0.15) is 0 Å². The summed E-state index contributed by atoms with van der Waals surface area (Å²) in [5.41, 5.74) is 4.96. The Morgan fingerprint density at radius 1 is 1.32 bits per heavy atom. The summed E-state index contributed by atoms with van der Waals surface area (Å²) in [6.07, 6.45) is 0.646. The lowest BCUT2D eigenvalue weighted by atomic mass is 9.92. The molecule has 1 heterocycles. The second kappa shape index (κ2) is 6.40. The van der Waals surface area contributed by atoms with Crippen LogP contribution in [0, 0.1) is 11.8 Å². The number of piperidine rings is 1. The molecule has 1 rings (SSSR count). The van der Waals surface area contributed by atoms with Crippen LogP contribution >= 0.6 is 0 Å². The Labute approximate surface area is 112 Å². The van der Waals surface area contributed by atoms with Crippen LogP contribution in [-0.2, 0) is 9.59 Å². The van der Waals surface area contributed by atoms with Gasteiger partial charge < -0.3 is 21.1 Å². The number of likely N-dealkylation sites (tertiary alicyclic amines) is 1. The summed E-state index contributed by atoms with van der Waals surface area (Å²) in [7, 11) is 0. The molecule has 7 heteroatoms. The molecule has 2 unspecified atom stereocenters. The Morgan fingerprint density at radius 3 is 2.26 bits per heavy atom. The molecule has 0 aromatic carbocycles. The lowest BCUT2D eigenvalue weighted by Crippen LogP contribution is -2.52. The van der Waals surface area contributed by atoms with Crippen LogP contribution in [0.2, 0.25) is 0 Å². The van der Waals surface area contributed by atoms with Crippen LogP contribution in [0.3, 0.4) is 0 Å². The van der Waals surface area contributed by atoms with E-state index in [0.717, 1.165) is 6.42 Å². The monoisotopic (exact) mass is 271 g/mol. The number of nitrogens with one attached hydrogen (secondary N) is 1. The van der Waals surface area contributed by atoms with Crippen LogP contribution in [-0.4, -0.2) is 47.0 Å². The molecular formula is C12H21N3O4. The molecule has 0 bridgehead atoms. The number of amides is 3. The molecule has 3 atom stereocenters. The normalized spacial score (nSPS) is 24.6. The minimum absolute atomic E-state index is 0.383. The Balaban J connectivity index is 2.61. The lowest BCUT2D eigenvalue weighted by Gasteiger charge is -2.35. The van der Waals surface area contributed by atoms with E-state index in [1.807, 2.05) is 13.8 Å². The first kappa shape index (κ1) is 15.3. The predicted octanol–water partition coefficient (Wildman–Crippen LogP) is 0.00250. The number of primary amides is 1. The molecule has 1 fully saturated rings. The van der Waals surface area contributed by atoms with E-state index in [-0.39, 0.29) is 0 Å². The molecule has 0 aromatic rings. The van der Waals surface area contributed by atoms with Crippen LogP contribution in [0.15, 0.2) is 0 Å². The number of carboxylic acid groups (broad SMARTS) is 1. The van der Waals surface area contributed by atoms with Gasteiger partial charge in [-0.25, -0.2) is 9.59 Å². The molecule has 7 nitrogen and oxygen atoms in total. The van der Waals surface area contributed by atoms with Gasteiger partial charge in [0.25, 0.3) is 0 Å². The van der Waals surface area contributed by atoms with E-state index in [0.29, 0.717) is 24.9 Å². The molecule has 0 aromatic heterocycles. The second-order valence-corrected chi connectivity index (χ2v) is 5.36. The fourth-order valence-corrected chi connectivity index (χ4v) is 2.47. The number of urea groups is 1. The SMILES string of the molecule is CC1CC(C)CN(C(=O)N[C@@H](CC(N)=O)C(=O)O)C1. The summed E-state index contributed by atoms with van der Waals surface area (Å²) in [5.74, 6) is -1.25. The van der Waals surface area contributed by atoms with E-state index >= 15 is 0 Å². The van der Waals surface area contributed by atoms with E-state index < -0.39 is 30.4 Å². The number of carbonyl (C=O) groups is 3. The van der Waals surface area contributed by atoms with Gasteiger partial charge in [-0.3, -0.25) is 4.79 Å². The first-order valence-electron chi connectivity index (χ1n) is 6.36. The van der Waals surface area contributed by atoms with Crippen molar-refractivity contribution in [2.24, 2.45) is 17.6 Å². The quantitative estimate of drug-likeness (QED) is 0.668.